The van der Waals surface area contributed by atoms with Crippen molar-refractivity contribution < 1.29 is 0 Å². The largest absolute Gasteiger partial charge is 0.360 e. The Morgan fingerprint density at radius 1 is 1.35 bits per heavy atom. The van der Waals surface area contributed by atoms with Gasteiger partial charge in [0.15, 0.2) is 0 Å². The fourth-order valence-electron chi connectivity index (χ4n) is 2.52. The monoisotopic (exact) mass is 264 g/mol. The molecule has 4 nitrogen and oxygen atoms in total. The molecule has 3 rings (SSSR count). The second kappa shape index (κ2) is 4.86. The quantitative estimate of drug-likeness (QED) is 0.753. The van der Waals surface area contributed by atoms with Crippen molar-refractivity contribution in [2.45, 2.75) is 26.2 Å². The van der Waals surface area contributed by atoms with Gasteiger partial charge in [0.05, 0.1) is 11.8 Å². The van der Waals surface area contributed by atoms with Gasteiger partial charge in [-0.1, -0.05) is 25.1 Å². The predicted octanol–water partition coefficient (Wildman–Crippen LogP) is 3.88. The fourth-order valence-corrected chi connectivity index (χ4v) is 2.52. The molecule has 0 fully saturated rings. The number of hydrogen-bond donors (Lipinski definition) is 2. The third kappa shape index (κ3) is 1.88. The van der Waals surface area contributed by atoms with Gasteiger partial charge in [-0.15, -0.1) is 0 Å². The summed E-state index contributed by atoms with van der Waals surface area (Å²) in [5.41, 5.74) is 4.09. The Kier molecular flexibility index (Phi) is 3.03. The molecule has 0 saturated carbocycles. The first-order valence-electron chi connectivity index (χ1n) is 6.77. The maximum atomic E-state index is 9.17. The highest BCUT2D eigenvalue weighted by Crippen LogP contribution is 2.30. The third-order valence-corrected chi connectivity index (χ3v) is 3.64. The van der Waals surface area contributed by atoms with E-state index in [0.717, 1.165) is 40.1 Å². The van der Waals surface area contributed by atoms with Crippen LogP contribution in [0, 0.1) is 18.3 Å². The first kappa shape index (κ1) is 12.5. The zero-order valence-electron chi connectivity index (χ0n) is 11.6. The molecule has 0 aliphatic rings. The van der Waals surface area contributed by atoms with E-state index in [1.807, 2.05) is 38.2 Å². The van der Waals surface area contributed by atoms with Crippen molar-refractivity contribution >= 4 is 10.9 Å². The fraction of sp³-hybridized carbons (Fsp3) is 0.250. The highest BCUT2D eigenvalue weighted by Gasteiger charge is 2.17. The number of aryl methyl sites for hydroxylation is 1. The number of aromatic amines is 2. The smallest absolute Gasteiger partial charge is 0.124 e. The minimum Gasteiger partial charge on any atom is -0.360 e. The van der Waals surface area contributed by atoms with Crippen LogP contribution in [0.25, 0.3) is 22.2 Å². The second-order valence-corrected chi connectivity index (χ2v) is 4.93. The molecule has 0 saturated heterocycles. The summed E-state index contributed by atoms with van der Waals surface area (Å²) in [6.45, 7) is 3.99. The Hall–Kier alpha value is -2.54. The molecule has 4 heteroatoms. The van der Waals surface area contributed by atoms with Gasteiger partial charge in [0.25, 0.3) is 0 Å². The van der Waals surface area contributed by atoms with Crippen LogP contribution < -0.4 is 0 Å². The van der Waals surface area contributed by atoms with E-state index in [1.54, 1.807) is 0 Å². The minimum absolute atomic E-state index is 0.173. The molecule has 0 aliphatic carbocycles. The average molecular weight is 264 g/mol. The van der Waals surface area contributed by atoms with E-state index in [4.69, 9.17) is 5.26 Å². The molecule has 1 unspecified atom stereocenters. The van der Waals surface area contributed by atoms with Crippen molar-refractivity contribution in [3.05, 3.63) is 42.0 Å². The topological polar surface area (TPSA) is 68.3 Å². The lowest BCUT2D eigenvalue weighted by Gasteiger charge is -1.99. The number of benzene rings is 1. The van der Waals surface area contributed by atoms with Crippen LogP contribution in [0.3, 0.4) is 0 Å². The van der Waals surface area contributed by atoms with Gasteiger partial charge in [0.2, 0.25) is 0 Å². The number of rotatable bonds is 3. The maximum Gasteiger partial charge on any atom is 0.124 e. The Balaban J connectivity index is 2.13. The molecule has 100 valence electrons. The molecule has 20 heavy (non-hydrogen) atoms. The SMILES string of the molecule is CCC(C#N)c1nc(-c2c[nH]c3ccccc23)c(C)[nH]1. The summed E-state index contributed by atoms with van der Waals surface area (Å²) in [4.78, 5) is 11.2. The second-order valence-electron chi connectivity index (χ2n) is 4.93. The van der Waals surface area contributed by atoms with Gasteiger partial charge in [-0.3, -0.25) is 0 Å². The van der Waals surface area contributed by atoms with Gasteiger partial charge in [0, 0.05) is 28.4 Å². The van der Waals surface area contributed by atoms with Crippen molar-refractivity contribution in [1.82, 2.24) is 15.0 Å². The maximum absolute atomic E-state index is 9.17. The van der Waals surface area contributed by atoms with Gasteiger partial charge in [-0.05, 0) is 19.4 Å². The summed E-state index contributed by atoms with van der Waals surface area (Å²) in [7, 11) is 0. The molecule has 0 radical (unpaired) electrons. The highest BCUT2D eigenvalue weighted by atomic mass is 14.9. The van der Waals surface area contributed by atoms with Crippen LogP contribution in [0.5, 0.6) is 0 Å². The first-order chi connectivity index (χ1) is 9.74. The van der Waals surface area contributed by atoms with Gasteiger partial charge >= 0.3 is 0 Å². The minimum atomic E-state index is -0.173. The van der Waals surface area contributed by atoms with Crippen LogP contribution in [0.4, 0.5) is 0 Å². The number of fused-ring (bicyclic) bond motifs is 1. The zero-order valence-corrected chi connectivity index (χ0v) is 11.6. The van der Waals surface area contributed by atoms with E-state index in [-0.39, 0.29) is 5.92 Å². The van der Waals surface area contributed by atoms with Crippen LogP contribution in [0.15, 0.2) is 30.5 Å². The zero-order chi connectivity index (χ0) is 14.1. The number of hydrogen-bond acceptors (Lipinski definition) is 2. The van der Waals surface area contributed by atoms with Gasteiger partial charge in [-0.25, -0.2) is 4.98 Å². The van der Waals surface area contributed by atoms with E-state index in [0.29, 0.717) is 0 Å². The number of nitriles is 1. The number of imidazole rings is 1. The van der Waals surface area contributed by atoms with Crippen molar-refractivity contribution in [3.63, 3.8) is 0 Å². The average Bonchev–Trinajstić information content (AvgIpc) is 3.04. The molecular formula is C16H16N4. The molecule has 2 N–H and O–H groups in total. The molecule has 2 aromatic heterocycles. The summed E-state index contributed by atoms with van der Waals surface area (Å²) in [5, 5.41) is 10.3. The molecule has 1 aromatic carbocycles. The van der Waals surface area contributed by atoms with E-state index >= 15 is 0 Å². The molecule has 3 aromatic rings. The third-order valence-electron chi connectivity index (χ3n) is 3.64. The predicted molar refractivity (Wildman–Crippen MR) is 79.3 cm³/mol. The normalized spacial score (nSPS) is 12.4. The van der Waals surface area contributed by atoms with Crippen LogP contribution in [0.1, 0.15) is 30.8 Å². The molecule has 0 aliphatic heterocycles. The summed E-state index contributed by atoms with van der Waals surface area (Å²) < 4.78 is 0. The van der Waals surface area contributed by atoms with Crippen molar-refractivity contribution in [2.75, 3.05) is 0 Å². The Morgan fingerprint density at radius 2 is 2.15 bits per heavy atom. The van der Waals surface area contributed by atoms with Crippen LogP contribution in [0.2, 0.25) is 0 Å². The summed E-state index contributed by atoms with van der Waals surface area (Å²) in [6.07, 6.45) is 2.74. The van der Waals surface area contributed by atoms with E-state index < -0.39 is 0 Å². The lowest BCUT2D eigenvalue weighted by atomic mass is 10.1. The Bertz CT molecular complexity index is 788. The molecule has 1 atom stereocenters. The number of H-pyrrole nitrogens is 2. The lowest BCUT2D eigenvalue weighted by molar-refractivity contribution is 0.764. The van der Waals surface area contributed by atoms with Crippen LogP contribution in [-0.4, -0.2) is 15.0 Å². The molecule has 0 bridgehead atoms. The van der Waals surface area contributed by atoms with E-state index in [9.17, 15) is 0 Å². The van der Waals surface area contributed by atoms with Crippen molar-refractivity contribution in [2.24, 2.45) is 0 Å². The van der Waals surface area contributed by atoms with Gasteiger partial charge < -0.3 is 9.97 Å². The number of nitrogens with zero attached hydrogens (tertiary/aromatic N) is 2. The summed E-state index contributed by atoms with van der Waals surface area (Å²) >= 11 is 0. The standard InChI is InChI=1S/C16H16N4/c1-3-11(8-17)16-19-10(2)15(20-16)13-9-18-14-7-5-4-6-12(13)14/h4-7,9,11,18H,3H2,1-2H3,(H,19,20). The van der Waals surface area contributed by atoms with Crippen LogP contribution >= 0.6 is 0 Å². The summed E-state index contributed by atoms with van der Waals surface area (Å²) in [5.74, 6) is 0.584. The lowest BCUT2D eigenvalue weighted by Crippen LogP contribution is -1.96. The molecular weight excluding hydrogens is 248 g/mol. The van der Waals surface area contributed by atoms with Gasteiger partial charge in [-0.2, -0.15) is 5.26 Å². The Labute approximate surface area is 117 Å². The van der Waals surface area contributed by atoms with Crippen LogP contribution in [-0.2, 0) is 0 Å². The summed E-state index contributed by atoms with van der Waals surface area (Å²) in [6, 6.07) is 10.4. The van der Waals surface area contributed by atoms with Crippen molar-refractivity contribution in [1.29, 1.82) is 5.26 Å². The van der Waals surface area contributed by atoms with Crippen molar-refractivity contribution in [3.8, 4) is 17.3 Å². The molecule has 2 heterocycles. The number of aromatic nitrogens is 3. The molecule has 0 spiro atoms. The number of nitrogens with one attached hydrogen (secondary N) is 2. The Morgan fingerprint density at radius 3 is 2.90 bits per heavy atom. The van der Waals surface area contributed by atoms with Gasteiger partial charge in [0.1, 0.15) is 11.7 Å². The molecule has 0 amide bonds. The highest BCUT2D eigenvalue weighted by molar-refractivity contribution is 5.95. The van der Waals surface area contributed by atoms with E-state index in [2.05, 4.69) is 27.1 Å². The number of para-hydroxylation sites is 1. The first-order valence-corrected chi connectivity index (χ1v) is 6.77. The van der Waals surface area contributed by atoms with E-state index in [1.165, 1.54) is 0 Å².